The first kappa shape index (κ1) is 38.8. The summed E-state index contributed by atoms with van der Waals surface area (Å²) in [7, 11) is 0. The van der Waals surface area contributed by atoms with Gasteiger partial charge in [-0.2, -0.15) is 0 Å². The van der Waals surface area contributed by atoms with Gasteiger partial charge in [-0.1, -0.05) is 48.5 Å². The number of phenols is 1. The van der Waals surface area contributed by atoms with Gasteiger partial charge in [-0.25, -0.2) is 4.79 Å². The lowest BCUT2D eigenvalue weighted by Gasteiger charge is -2.43. The Morgan fingerprint density at radius 3 is 2.50 bits per heavy atom. The molecule has 3 atom stereocenters. The van der Waals surface area contributed by atoms with Gasteiger partial charge in [0, 0.05) is 24.5 Å². The van der Waals surface area contributed by atoms with Gasteiger partial charge in [0.15, 0.2) is 0 Å². The lowest BCUT2D eigenvalue weighted by molar-refractivity contribution is -0.155. The molecule has 0 spiro atoms. The highest BCUT2D eigenvalue weighted by Crippen LogP contribution is 2.32. The average Bonchev–Trinajstić information content (AvgIpc) is 3.18. The van der Waals surface area contributed by atoms with Crippen molar-refractivity contribution in [2.45, 2.75) is 64.2 Å². The molecular formula is C42H52N4O8. The van der Waals surface area contributed by atoms with Gasteiger partial charge in [0.25, 0.3) is 0 Å². The number of unbranched alkanes of at least 4 members (excludes halogenated alkanes) is 2. The van der Waals surface area contributed by atoms with Gasteiger partial charge in [0.1, 0.15) is 24.2 Å². The van der Waals surface area contributed by atoms with Crippen LogP contribution < -0.4 is 20.9 Å². The van der Waals surface area contributed by atoms with Crippen LogP contribution in [0.1, 0.15) is 74.8 Å². The molecule has 2 bridgehead atoms. The number of carbonyl (C=O) groups is 2. The predicted molar refractivity (Wildman–Crippen MR) is 205 cm³/mol. The van der Waals surface area contributed by atoms with Crippen molar-refractivity contribution in [1.29, 1.82) is 0 Å². The molecule has 0 saturated carbocycles. The molecule has 1 aromatic heterocycles. The van der Waals surface area contributed by atoms with Crippen LogP contribution in [-0.2, 0) is 14.3 Å². The molecule has 1 unspecified atom stereocenters. The van der Waals surface area contributed by atoms with Crippen LogP contribution in [0, 0.1) is 11.3 Å². The summed E-state index contributed by atoms with van der Waals surface area (Å²) >= 11 is 0. The number of nitrogens with one attached hydrogen (secondary N) is 3. The molecule has 12 heteroatoms. The van der Waals surface area contributed by atoms with Crippen LogP contribution in [0.4, 0.5) is 4.79 Å². The van der Waals surface area contributed by atoms with Crippen LogP contribution in [-0.4, -0.2) is 84.2 Å². The minimum Gasteiger partial charge on any atom is -0.506 e. The highest BCUT2D eigenvalue weighted by atomic mass is 16.6. The number of H-pyrrole nitrogens is 1. The Balaban J connectivity index is 0.924. The zero-order chi connectivity index (χ0) is 38.1. The number of aromatic hydroxyl groups is 1. The van der Waals surface area contributed by atoms with E-state index >= 15 is 0 Å². The van der Waals surface area contributed by atoms with Crippen LogP contribution in [0.3, 0.4) is 0 Å². The van der Waals surface area contributed by atoms with Gasteiger partial charge in [0.05, 0.1) is 29.7 Å². The zero-order valence-corrected chi connectivity index (χ0v) is 31.1. The van der Waals surface area contributed by atoms with Crippen LogP contribution in [0.15, 0.2) is 83.7 Å². The Labute approximate surface area is 315 Å². The summed E-state index contributed by atoms with van der Waals surface area (Å²) in [5.41, 5.74) is 1.45. The molecule has 3 aliphatic heterocycles. The van der Waals surface area contributed by atoms with E-state index in [2.05, 4.69) is 20.5 Å². The zero-order valence-electron chi connectivity index (χ0n) is 31.1. The molecule has 7 rings (SSSR count). The van der Waals surface area contributed by atoms with E-state index in [9.17, 15) is 24.6 Å². The van der Waals surface area contributed by atoms with Crippen molar-refractivity contribution in [3.05, 3.63) is 106 Å². The quantitative estimate of drug-likeness (QED) is 0.0682. The smallest absolute Gasteiger partial charge is 0.408 e. The molecule has 1 amide bonds. The number of carbonyl (C=O) groups excluding carboxylic acids is 2. The molecule has 4 heterocycles. The number of aliphatic hydroxyl groups is 1. The maximum Gasteiger partial charge on any atom is 0.408 e. The monoisotopic (exact) mass is 740 g/mol. The van der Waals surface area contributed by atoms with Crippen LogP contribution >= 0.6 is 0 Å². The molecule has 4 aromatic rings. The summed E-state index contributed by atoms with van der Waals surface area (Å²) in [5, 5.41) is 27.7. The van der Waals surface area contributed by atoms with Crippen molar-refractivity contribution in [2.24, 2.45) is 11.3 Å². The first-order chi connectivity index (χ1) is 26.1. The SMILES string of the molecule is CC(C)(COc1cccc(C(NC(=O)O[C@H]2CN3CCC2CC3)c2ccccc2)c1)C(=O)OCCCCCNC[C@H](O)c1ccc(O)c2[nH]c(=O)ccc12. The number of ether oxygens (including phenoxy) is 3. The number of phenolic OH excluding ortho intramolecular Hbond substituents is 1. The summed E-state index contributed by atoms with van der Waals surface area (Å²) in [6.07, 6.45) is 3.11. The van der Waals surface area contributed by atoms with Crippen molar-refractivity contribution in [1.82, 2.24) is 20.5 Å². The second-order valence-electron chi connectivity index (χ2n) is 15.0. The summed E-state index contributed by atoms with van der Waals surface area (Å²) in [6, 6.07) is 22.9. The molecule has 54 heavy (non-hydrogen) atoms. The second-order valence-corrected chi connectivity index (χ2v) is 15.0. The molecule has 3 aliphatic rings. The fourth-order valence-electron chi connectivity index (χ4n) is 7.23. The standard InChI is InChI=1S/C42H52N4O8/c1-42(2,40(50)52-23-8-4-7-20-43-25-35(48)32-14-16-34(47)39-33(32)15-17-37(49)44-39)27-53-31-13-9-12-30(24-31)38(29-10-5-3-6-11-29)45-41(51)54-36-26-46-21-18-28(36)19-22-46/h3,5-6,9-17,24,28,35-36,38,43,47-48H,4,7-8,18-23,25-27H2,1-2H3,(H,44,49)(H,45,51)/t35-,36-,38?/m0/s1. The minimum absolute atomic E-state index is 0.0468. The third-order valence-electron chi connectivity index (χ3n) is 10.4. The number of aromatic amines is 1. The number of esters is 1. The third kappa shape index (κ3) is 9.99. The van der Waals surface area contributed by atoms with Gasteiger partial charge in [-0.05, 0) is 112 Å². The van der Waals surface area contributed by atoms with Gasteiger partial charge in [-0.3, -0.25) is 14.5 Å². The lowest BCUT2D eigenvalue weighted by atomic mass is 9.86. The molecule has 0 radical (unpaired) electrons. The van der Waals surface area contributed by atoms with Gasteiger partial charge < -0.3 is 40.0 Å². The maximum absolute atomic E-state index is 13.2. The molecule has 0 aliphatic carbocycles. The number of benzene rings is 3. The van der Waals surface area contributed by atoms with E-state index in [0.29, 0.717) is 47.6 Å². The van der Waals surface area contributed by atoms with E-state index in [1.807, 2.05) is 54.6 Å². The van der Waals surface area contributed by atoms with Gasteiger partial charge in [0.2, 0.25) is 5.56 Å². The topological polar surface area (TPSA) is 162 Å². The van der Waals surface area contributed by atoms with Gasteiger partial charge >= 0.3 is 12.1 Å². The number of amides is 1. The number of fused-ring (bicyclic) bond motifs is 4. The van der Waals surface area contributed by atoms with E-state index in [1.54, 1.807) is 26.0 Å². The summed E-state index contributed by atoms with van der Waals surface area (Å²) in [4.78, 5) is 42.8. The number of rotatable bonds is 17. The number of hydrogen-bond acceptors (Lipinski definition) is 10. The molecule has 5 N–H and O–H groups in total. The molecule has 3 aromatic carbocycles. The number of aliphatic hydroxyl groups excluding tert-OH is 1. The highest BCUT2D eigenvalue weighted by molar-refractivity contribution is 5.87. The largest absolute Gasteiger partial charge is 0.506 e. The lowest BCUT2D eigenvalue weighted by Crippen LogP contribution is -2.52. The highest BCUT2D eigenvalue weighted by Gasteiger charge is 2.37. The first-order valence-corrected chi connectivity index (χ1v) is 19.0. The van der Waals surface area contributed by atoms with Crippen molar-refractivity contribution in [2.75, 3.05) is 45.9 Å². The Hall–Kier alpha value is -4.91. The Bertz CT molecular complexity index is 1920. The van der Waals surface area contributed by atoms with E-state index < -0.39 is 23.7 Å². The van der Waals surface area contributed by atoms with Crippen molar-refractivity contribution >= 4 is 23.0 Å². The van der Waals surface area contributed by atoms with E-state index in [-0.39, 0.29) is 36.6 Å². The van der Waals surface area contributed by atoms with Crippen LogP contribution in [0.2, 0.25) is 0 Å². The third-order valence-corrected chi connectivity index (χ3v) is 10.4. The first-order valence-electron chi connectivity index (χ1n) is 19.0. The average molecular weight is 741 g/mol. The summed E-state index contributed by atoms with van der Waals surface area (Å²) < 4.78 is 17.7. The molecule has 12 nitrogen and oxygen atoms in total. The number of nitrogens with zero attached hydrogens (tertiary/aromatic N) is 1. The van der Waals surface area contributed by atoms with E-state index in [1.165, 1.54) is 12.1 Å². The normalized spacial score (nSPS) is 19.2. The maximum atomic E-state index is 13.2. The minimum atomic E-state index is -0.893. The molecule has 3 fully saturated rings. The molecule has 3 saturated heterocycles. The number of piperidine rings is 3. The van der Waals surface area contributed by atoms with Crippen molar-refractivity contribution in [3.63, 3.8) is 0 Å². The second kappa shape index (κ2) is 17.9. The van der Waals surface area contributed by atoms with E-state index in [0.717, 1.165) is 56.4 Å². The van der Waals surface area contributed by atoms with Crippen LogP contribution in [0.5, 0.6) is 11.5 Å². The molecule has 288 valence electrons. The number of hydrogen-bond donors (Lipinski definition) is 5. The summed E-state index contributed by atoms with van der Waals surface area (Å²) in [6.45, 7) is 7.89. The fourth-order valence-corrected chi connectivity index (χ4v) is 7.23. The number of alkyl carbamates (subject to hydrolysis) is 1. The number of aromatic nitrogens is 1. The van der Waals surface area contributed by atoms with Gasteiger partial charge in [-0.15, -0.1) is 0 Å². The Kier molecular flexibility index (Phi) is 12.9. The Morgan fingerprint density at radius 2 is 1.74 bits per heavy atom. The Morgan fingerprint density at radius 1 is 0.963 bits per heavy atom. The van der Waals surface area contributed by atoms with Crippen molar-refractivity contribution in [3.8, 4) is 11.5 Å². The van der Waals surface area contributed by atoms with Crippen LogP contribution in [0.25, 0.3) is 10.9 Å². The number of pyridine rings is 1. The summed E-state index contributed by atoms with van der Waals surface area (Å²) in [5.74, 6) is 0.595. The van der Waals surface area contributed by atoms with Crippen molar-refractivity contribution < 1.29 is 34.0 Å². The fraction of sp³-hybridized carbons (Fsp3) is 0.452. The van der Waals surface area contributed by atoms with E-state index in [4.69, 9.17) is 14.2 Å². The predicted octanol–water partition coefficient (Wildman–Crippen LogP) is 5.59. The molecular weight excluding hydrogens is 688 g/mol.